The average Bonchev–Trinajstić information content (AvgIpc) is 3.44. The summed E-state index contributed by atoms with van der Waals surface area (Å²) < 4.78 is 28.8. The van der Waals surface area contributed by atoms with Gasteiger partial charge in [-0.05, 0) is 69.5 Å². The van der Waals surface area contributed by atoms with Gasteiger partial charge in [0.25, 0.3) is 10.0 Å². The summed E-state index contributed by atoms with van der Waals surface area (Å²) in [6.07, 6.45) is 3.97. The molecule has 1 aliphatic carbocycles. The fourth-order valence-corrected chi connectivity index (χ4v) is 6.45. The Hall–Kier alpha value is -3.36. The Kier molecular flexibility index (Phi) is 9.53. The monoisotopic (exact) mass is 581 g/mol. The van der Waals surface area contributed by atoms with E-state index in [9.17, 15) is 18.0 Å². The molecule has 7 nitrogen and oxygen atoms in total. The molecule has 0 aliphatic heterocycles. The van der Waals surface area contributed by atoms with E-state index in [4.69, 9.17) is 11.6 Å². The lowest BCUT2D eigenvalue weighted by molar-refractivity contribution is -0.139. The van der Waals surface area contributed by atoms with Crippen LogP contribution in [-0.2, 0) is 26.2 Å². The maximum Gasteiger partial charge on any atom is 0.264 e. The highest BCUT2D eigenvalue weighted by Gasteiger charge is 2.33. The molecule has 1 atom stereocenters. The van der Waals surface area contributed by atoms with E-state index in [1.165, 1.54) is 23.1 Å². The molecule has 0 unspecified atom stereocenters. The van der Waals surface area contributed by atoms with Gasteiger partial charge in [0.15, 0.2) is 0 Å². The minimum absolute atomic E-state index is 0.0583. The highest BCUT2D eigenvalue weighted by Crippen LogP contribution is 2.27. The smallest absolute Gasteiger partial charge is 0.264 e. The summed E-state index contributed by atoms with van der Waals surface area (Å²) in [6.45, 7) is 5.20. The molecular weight excluding hydrogens is 546 g/mol. The predicted octanol–water partition coefficient (Wildman–Crippen LogP) is 5.63. The first-order chi connectivity index (χ1) is 19.0. The van der Waals surface area contributed by atoms with Gasteiger partial charge in [0.2, 0.25) is 11.8 Å². The van der Waals surface area contributed by atoms with E-state index in [1.807, 2.05) is 38.1 Å². The maximum atomic E-state index is 14.0. The molecule has 0 bridgehead atoms. The van der Waals surface area contributed by atoms with Crippen molar-refractivity contribution in [3.63, 3.8) is 0 Å². The van der Waals surface area contributed by atoms with Gasteiger partial charge in [0.1, 0.15) is 12.6 Å². The summed E-state index contributed by atoms with van der Waals surface area (Å²) in [7, 11) is -4.13. The van der Waals surface area contributed by atoms with E-state index in [2.05, 4.69) is 5.32 Å². The van der Waals surface area contributed by atoms with Crippen LogP contribution in [0.5, 0.6) is 0 Å². The molecule has 1 aliphatic rings. The van der Waals surface area contributed by atoms with Gasteiger partial charge < -0.3 is 10.2 Å². The molecular formula is C31H36ClN3O4S. The average molecular weight is 582 g/mol. The minimum atomic E-state index is -4.13. The molecule has 1 saturated carbocycles. The third-order valence-electron chi connectivity index (χ3n) is 7.33. The number of aryl methyl sites for hydroxylation is 2. The van der Waals surface area contributed by atoms with Gasteiger partial charge in [-0.1, -0.05) is 78.0 Å². The van der Waals surface area contributed by atoms with Crippen LogP contribution in [0.2, 0.25) is 5.02 Å². The molecule has 2 amide bonds. The highest BCUT2D eigenvalue weighted by molar-refractivity contribution is 7.92. The van der Waals surface area contributed by atoms with Gasteiger partial charge in [-0.15, -0.1) is 0 Å². The Bertz CT molecular complexity index is 1440. The van der Waals surface area contributed by atoms with Crippen molar-refractivity contribution in [2.45, 2.75) is 70.0 Å². The van der Waals surface area contributed by atoms with Crippen LogP contribution in [0.3, 0.4) is 0 Å². The first kappa shape index (κ1) is 29.6. The second-order valence-electron chi connectivity index (χ2n) is 10.5. The third kappa shape index (κ3) is 7.23. The van der Waals surface area contributed by atoms with E-state index < -0.39 is 28.5 Å². The van der Waals surface area contributed by atoms with E-state index in [1.54, 1.807) is 37.3 Å². The van der Waals surface area contributed by atoms with Gasteiger partial charge >= 0.3 is 0 Å². The van der Waals surface area contributed by atoms with Crippen molar-refractivity contribution in [2.24, 2.45) is 0 Å². The molecule has 1 N–H and O–H groups in total. The van der Waals surface area contributed by atoms with Gasteiger partial charge in [-0.2, -0.15) is 0 Å². The molecule has 0 radical (unpaired) electrons. The van der Waals surface area contributed by atoms with Crippen LogP contribution < -0.4 is 9.62 Å². The van der Waals surface area contributed by atoms with Crippen molar-refractivity contribution in [3.05, 3.63) is 94.5 Å². The van der Waals surface area contributed by atoms with Gasteiger partial charge in [-0.3, -0.25) is 13.9 Å². The van der Waals surface area contributed by atoms with Crippen molar-refractivity contribution in [2.75, 3.05) is 10.8 Å². The molecule has 3 aromatic carbocycles. The summed E-state index contributed by atoms with van der Waals surface area (Å²) in [5, 5.41) is 3.42. The first-order valence-electron chi connectivity index (χ1n) is 13.5. The number of sulfonamides is 1. The van der Waals surface area contributed by atoms with Gasteiger partial charge in [0.05, 0.1) is 10.6 Å². The summed E-state index contributed by atoms with van der Waals surface area (Å²) in [5.41, 5.74) is 3.09. The van der Waals surface area contributed by atoms with Crippen molar-refractivity contribution >= 4 is 39.1 Å². The number of halogens is 1. The molecule has 0 heterocycles. The van der Waals surface area contributed by atoms with Crippen LogP contribution in [0, 0.1) is 13.8 Å². The number of rotatable bonds is 10. The lowest BCUT2D eigenvalue weighted by atomic mass is 10.1. The topological polar surface area (TPSA) is 86.8 Å². The fourth-order valence-electron chi connectivity index (χ4n) is 4.86. The quantitative estimate of drug-likeness (QED) is 0.336. The molecule has 40 heavy (non-hydrogen) atoms. The maximum absolute atomic E-state index is 14.0. The lowest BCUT2D eigenvalue weighted by Gasteiger charge is -2.32. The Balaban J connectivity index is 1.68. The van der Waals surface area contributed by atoms with E-state index in [-0.39, 0.29) is 29.1 Å². The molecule has 212 valence electrons. The number of nitrogens with zero attached hydrogens (tertiary/aromatic N) is 2. The van der Waals surface area contributed by atoms with Crippen LogP contribution in [0.1, 0.15) is 49.3 Å². The van der Waals surface area contributed by atoms with E-state index in [0.29, 0.717) is 5.02 Å². The first-order valence-corrected chi connectivity index (χ1v) is 15.4. The Labute approximate surface area is 242 Å². The summed E-state index contributed by atoms with van der Waals surface area (Å²) in [4.78, 5) is 28.8. The van der Waals surface area contributed by atoms with Crippen molar-refractivity contribution < 1.29 is 18.0 Å². The normalized spacial score (nSPS) is 14.5. The standard InChI is InChI=1S/C31H36ClN3O4S/c1-22-11-15-25(16-12-22)20-34(24(3)31(37)33-27-8-4-5-9-27)30(36)21-35(28-10-6-7-26(32)19-28)40(38,39)29-17-13-23(2)14-18-29/h6-7,10-19,24,27H,4-5,8-9,20-21H2,1-3H3,(H,33,37)/t24-/m1/s1. The van der Waals surface area contributed by atoms with E-state index in [0.717, 1.165) is 46.7 Å². The molecule has 1 fully saturated rings. The van der Waals surface area contributed by atoms with Crippen LogP contribution in [0.15, 0.2) is 77.7 Å². The zero-order chi connectivity index (χ0) is 28.9. The van der Waals surface area contributed by atoms with Crippen LogP contribution >= 0.6 is 11.6 Å². The molecule has 4 rings (SSSR count). The molecule has 3 aromatic rings. The lowest BCUT2D eigenvalue weighted by Crippen LogP contribution is -2.52. The number of amides is 2. The number of hydrogen-bond acceptors (Lipinski definition) is 4. The summed E-state index contributed by atoms with van der Waals surface area (Å²) in [5.74, 6) is -0.742. The molecule has 0 aromatic heterocycles. The van der Waals surface area contributed by atoms with Crippen molar-refractivity contribution in [3.8, 4) is 0 Å². The number of benzene rings is 3. The molecule has 9 heteroatoms. The number of carbonyl (C=O) groups is 2. The highest BCUT2D eigenvalue weighted by atomic mass is 35.5. The number of anilines is 1. The van der Waals surface area contributed by atoms with Crippen LogP contribution in [-0.4, -0.2) is 43.8 Å². The van der Waals surface area contributed by atoms with Gasteiger partial charge in [0, 0.05) is 17.6 Å². The second kappa shape index (κ2) is 12.9. The molecule has 0 saturated heterocycles. The third-order valence-corrected chi connectivity index (χ3v) is 9.35. The Morgan fingerprint density at radius 3 is 2.15 bits per heavy atom. The van der Waals surface area contributed by atoms with Crippen molar-refractivity contribution in [1.29, 1.82) is 0 Å². The number of hydrogen-bond donors (Lipinski definition) is 1. The number of nitrogens with one attached hydrogen (secondary N) is 1. The fraction of sp³-hybridized carbons (Fsp3) is 0.355. The SMILES string of the molecule is Cc1ccc(CN(C(=O)CN(c2cccc(Cl)c2)S(=O)(=O)c2ccc(C)cc2)[C@H](C)C(=O)NC2CCCC2)cc1. The second-order valence-corrected chi connectivity index (χ2v) is 12.8. The minimum Gasteiger partial charge on any atom is -0.352 e. The van der Waals surface area contributed by atoms with Crippen LogP contribution in [0.25, 0.3) is 0 Å². The van der Waals surface area contributed by atoms with E-state index >= 15 is 0 Å². The zero-order valence-corrected chi connectivity index (χ0v) is 24.7. The largest absolute Gasteiger partial charge is 0.352 e. The Morgan fingerprint density at radius 2 is 1.55 bits per heavy atom. The van der Waals surface area contributed by atoms with Crippen molar-refractivity contribution in [1.82, 2.24) is 10.2 Å². The molecule has 0 spiro atoms. The van der Waals surface area contributed by atoms with Crippen LogP contribution in [0.4, 0.5) is 5.69 Å². The summed E-state index contributed by atoms with van der Waals surface area (Å²) in [6, 6.07) is 19.9. The van der Waals surface area contributed by atoms with Gasteiger partial charge in [-0.25, -0.2) is 8.42 Å². The predicted molar refractivity (Wildman–Crippen MR) is 159 cm³/mol. The zero-order valence-electron chi connectivity index (χ0n) is 23.1. The Morgan fingerprint density at radius 1 is 0.950 bits per heavy atom. The summed E-state index contributed by atoms with van der Waals surface area (Å²) >= 11 is 6.23. The number of carbonyl (C=O) groups excluding carboxylic acids is 2.